The summed E-state index contributed by atoms with van der Waals surface area (Å²) in [6.07, 6.45) is 8.78. The number of hydrogen-bond acceptors (Lipinski definition) is 3. The molecule has 0 aliphatic heterocycles. The Morgan fingerprint density at radius 3 is 3.00 bits per heavy atom. The Bertz CT molecular complexity index is 286. The molecule has 0 aliphatic carbocycles. The summed E-state index contributed by atoms with van der Waals surface area (Å²) in [5.41, 5.74) is 1.04. The monoisotopic (exact) mass is 225 g/mol. The smallest absolute Gasteiger partial charge is 0.0728 e. The summed E-state index contributed by atoms with van der Waals surface area (Å²) < 4.78 is 1.75. The van der Waals surface area contributed by atoms with E-state index in [1.165, 1.54) is 25.7 Å². The van der Waals surface area contributed by atoms with E-state index in [0.717, 1.165) is 5.69 Å². The van der Waals surface area contributed by atoms with Crippen LogP contribution in [0.3, 0.4) is 0 Å². The molecule has 1 heterocycles. The quantitative estimate of drug-likeness (QED) is 0.667. The Balaban J connectivity index is 2.28. The molecule has 0 saturated carbocycles. The maximum atomic E-state index is 8.77. The highest BCUT2D eigenvalue weighted by Gasteiger charge is 2.03. The molecule has 0 saturated heterocycles. The molecule has 4 heteroatoms. The van der Waals surface area contributed by atoms with Crippen LogP contribution in [0.2, 0.25) is 0 Å². The van der Waals surface area contributed by atoms with Crippen LogP contribution in [0.15, 0.2) is 12.4 Å². The predicted molar refractivity (Wildman–Crippen MR) is 66.5 cm³/mol. The van der Waals surface area contributed by atoms with Crippen molar-refractivity contribution in [2.45, 2.75) is 52.1 Å². The van der Waals surface area contributed by atoms with Gasteiger partial charge in [-0.1, -0.05) is 26.2 Å². The van der Waals surface area contributed by atoms with Gasteiger partial charge >= 0.3 is 0 Å². The fourth-order valence-corrected chi connectivity index (χ4v) is 1.72. The zero-order chi connectivity index (χ0) is 11.8. The van der Waals surface area contributed by atoms with Crippen molar-refractivity contribution in [1.29, 1.82) is 0 Å². The van der Waals surface area contributed by atoms with Crippen molar-refractivity contribution in [3.63, 3.8) is 0 Å². The van der Waals surface area contributed by atoms with E-state index >= 15 is 0 Å². The Kier molecular flexibility index (Phi) is 5.93. The van der Waals surface area contributed by atoms with Crippen LogP contribution in [0.1, 0.15) is 39.5 Å². The third kappa shape index (κ3) is 4.66. The number of aliphatic hydroxyl groups is 1. The molecule has 16 heavy (non-hydrogen) atoms. The summed E-state index contributed by atoms with van der Waals surface area (Å²) in [5.74, 6) is 0. The average Bonchev–Trinajstić information content (AvgIpc) is 2.66. The molecule has 1 atom stereocenters. The van der Waals surface area contributed by atoms with Crippen LogP contribution in [-0.4, -0.2) is 27.5 Å². The average molecular weight is 225 g/mol. The first-order valence-corrected chi connectivity index (χ1v) is 6.16. The maximum Gasteiger partial charge on any atom is 0.0728 e. The summed E-state index contributed by atoms with van der Waals surface area (Å²) in [7, 11) is 0. The second kappa shape index (κ2) is 7.28. The van der Waals surface area contributed by atoms with Crippen LogP contribution < -0.4 is 5.32 Å². The Hall–Kier alpha value is -1.03. The molecular formula is C12H23N3O. The lowest BCUT2D eigenvalue weighted by molar-refractivity contribution is 0.269. The molecular weight excluding hydrogens is 202 g/mol. The zero-order valence-electron chi connectivity index (χ0n) is 10.3. The SMILES string of the molecule is CCCCCC(C)Nc1cnn(CCO)c1. The van der Waals surface area contributed by atoms with Crippen molar-refractivity contribution in [3.05, 3.63) is 12.4 Å². The largest absolute Gasteiger partial charge is 0.394 e. The number of unbranched alkanes of at least 4 members (excludes halogenated alkanes) is 2. The summed E-state index contributed by atoms with van der Waals surface area (Å²) in [6.45, 7) is 5.11. The number of rotatable bonds is 8. The van der Waals surface area contributed by atoms with Gasteiger partial charge in [-0.2, -0.15) is 5.10 Å². The van der Waals surface area contributed by atoms with E-state index in [0.29, 0.717) is 12.6 Å². The molecule has 1 rings (SSSR count). The molecule has 1 unspecified atom stereocenters. The highest BCUT2D eigenvalue weighted by atomic mass is 16.3. The Morgan fingerprint density at radius 1 is 1.50 bits per heavy atom. The van der Waals surface area contributed by atoms with Crippen molar-refractivity contribution in [2.75, 3.05) is 11.9 Å². The molecule has 0 amide bonds. The molecule has 0 bridgehead atoms. The topological polar surface area (TPSA) is 50.1 Å². The van der Waals surface area contributed by atoms with E-state index in [4.69, 9.17) is 5.11 Å². The van der Waals surface area contributed by atoms with Gasteiger partial charge in [0.1, 0.15) is 0 Å². The third-order valence-electron chi connectivity index (χ3n) is 2.62. The lowest BCUT2D eigenvalue weighted by Crippen LogP contribution is -2.14. The number of aromatic nitrogens is 2. The predicted octanol–water partition coefficient (Wildman–Crippen LogP) is 2.26. The minimum absolute atomic E-state index is 0.132. The molecule has 2 N–H and O–H groups in total. The molecule has 1 aromatic heterocycles. The molecule has 0 radical (unpaired) electrons. The Morgan fingerprint density at radius 2 is 2.31 bits per heavy atom. The fraction of sp³-hybridized carbons (Fsp3) is 0.750. The van der Waals surface area contributed by atoms with Crippen LogP contribution in [0.5, 0.6) is 0 Å². The number of anilines is 1. The van der Waals surface area contributed by atoms with Gasteiger partial charge in [0.15, 0.2) is 0 Å². The second-order valence-electron chi connectivity index (χ2n) is 4.26. The summed E-state index contributed by atoms with van der Waals surface area (Å²) in [6, 6.07) is 0.485. The number of nitrogens with zero attached hydrogens (tertiary/aromatic N) is 2. The zero-order valence-corrected chi connectivity index (χ0v) is 10.3. The lowest BCUT2D eigenvalue weighted by Gasteiger charge is -2.12. The first-order valence-electron chi connectivity index (χ1n) is 6.16. The van der Waals surface area contributed by atoms with Crippen LogP contribution in [-0.2, 0) is 6.54 Å². The van der Waals surface area contributed by atoms with Crippen LogP contribution in [0.4, 0.5) is 5.69 Å². The minimum atomic E-state index is 0.132. The normalized spacial score (nSPS) is 12.7. The van der Waals surface area contributed by atoms with Crippen molar-refractivity contribution in [2.24, 2.45) is 0 Å². The summed E-state index contributed by atoms with van der Waals surface area (Å²) in [5, 5.41) is 16.3. The van der Waals surface area contributed by atoms with Crippen LogP contribution >= 0.6 is 0 Å². The first-order chi connectivity index (χ1) is 7.76. The van der Waals surface area contributed by atoms with E-state index < -0.39 is 0 Å². The lowest BCUT2D eigenvalue weighted by atomic mass is 10.1. The number of nitrogens with one attached hydrogen (secondary N) is 1. The maximum absolute atomic E-state index is 8.77. The van der Waals surface area contributed by atoms with Crippen LogP contribution in [0, 0.1) is 0 Å². The van der Waals surface area contributed by atoms with E-state index in [-0.39, 0.29) is 6.61 Å². The molecule has 0 aliphatic rings. The van der Waals surface area contributed by atoms with Gasteiger partial charge in [0, 0.05) is 12.2 Å². The van der Waals surface area contributed by atoms with Crippen molar-refractivity contribution in [3.8, 4) is 0 Å². The van der Waals surface area contributed by atoms with Crippen LogP contribution in [0.25, 0.3) is 0 Å². The summed E-state index contributed by atoms with van der Waals surface area (Å²) >= 11 is 0. The third-order valence-corrected chi connectivity index (χ3v) is 2.62. The van der Waals surface area contributed by atoms with Gasteiger partial charge in [-0.3, -0.25) is 4.68 Å². The van der Waals surface area contributed by atoms with Gasteiger partial charge in [-0.05, 0) is 13.3 Å². The fourth-order valence-electron chi connectivity index (χ4n) is 1.72. The van der Waals surface area contributed by atoms with Gasteiger partial charge in [-0.25, -0.2) is 0 Å². The molecule has 92 valence electrons. The minimum Gasteiger partial charge on any atom is -0.394 e. The molecule has 0 fully saturated rings. The second-order valence-corrected chi connectivity index (χ2v) is 4.26. The summed E-state index contributed by atoms with van der Waals surface area (Å²) in [4.78, 5) is 0. The van der Waals surface area contributed by atoms with Crippen molar-refractivity contribution < 1.29 is 5.11 Å². The highest BCUT2D eigenvalue weighted by molar-refractivity contribution is 5.38. The number of hydrogen-bond donors (Lipinski definition) is 2. The van der Waals surface area contributed by atoms with Gasteiger partial charge in [0.25, 0.3) is 0 Å². The van der Waals surface area contributed by atoms with Gasteiger partial charge < -0.3 is 10.4 Å². The van der Waals surface area contributed by atoms with Gasteiger partial charge in [-0.15, -0.1) is 0 Å². The molecule has 0 aromatic carbocycles. The van der Waals surface area contributed by atoms with Crippen molar-refractivity contribution in [1.82, 2.24) is 9.78 Å². The molecule has 4 nitrogen and oxygen atoms in total. The molecule has 1 aromatic rings. The van der Waals surface area contributed by atoms with Gasteiger partial charge in [0.2, 0.25) is 0 Å². The first kappa shape index (κ1) is 13.0. The Labute approximate surface area is 97.7 Å². The standard InChI is InChI=1S/C12H23N3O/c1-3-4-5-6-11(2)14-12-9-13-15(10-12)7-8-16/h9-11,14,16H,3-8H2,1-2H3. The van der Waals surface area contributed by atoms with E-state index in [1.807, 2.05) is 12.4 Å². The molecule has 0 spiro atoms. The van der Waals surface area contributed by atoms with E-state index in [1.54, 1.807) is 4.68 Å². The van der Waals surface area contributed by atoms with Crippen molar-refractivity contribution >= 4 is 5.69 Å². The number of aliphatic hydroxyl groups excluding tert-OH is 1. The van der Waals surface area contributed by atoms with E-state index in [9.17, 15) is 0 Å². The van der Waals surface area contributed by atoms with E-state index in [2.05, 4.69) is 24.3 Å². The highest BCUT2D eigenvalue weighted by Crippen LogP contribution is 2.10. The van der Waals surface area contributed by atoms with Gasteiger partial charge in [0.05, 0.1) is 25.0 Å².